The second-order valence-corrected chi connectivity index (χ2v) is 6.17. The van der Waals surface area contributed by atoms with E-state index in [0.29, 0.717) is 13.0 Å². The number of carbonyl (C=O) groups is 1. The van der Waals surface area contributed by atoms with Gasteiger partial charge in [0.25, 0.3) is 0 Å². The van der Waals surface area contributed by atoms with Gasteiger partial charge in [-0.05, 0) is 29.8 Å². The maximum atomic E-state index is 12.8. The third-order valence-corrected chi connectivity index (χ3v) is 4.40. The van der Waals surface area contributed by atoms with Crippen molar-refractivity contribution in [1.29, 1.82) is 0 Å². The van der Waals surface area contributed by atoms with Gasteiger partial charge in [-0.3, -0.25) is 9.69 Å². The van der Waals surface area contributed by atoms with Gasteiger partial charge in [0.15, 0.2) is 0 Å². The summed E-state index contributed by atoms with van der Waals surface area (Å²) in [6.45, 7) is 4.91. The minimum atomic E-state index is -0.264. The first-order valence-corrected chi connectivity index (χ1v) is 8.60. The minimum absolute atomic E-state index is 0.0245. The molecule has 0 saturated carbocycles. The van der Waals surface area contributed by atoms with Crippen LogP contribution < -0.4 is 10.2 Å². The molecule has 132 valence electrons. The fraction of sp³-hybridized carbons (Fsp3) is 0.368. The van der Waals surface area contributed by atoms with Crippen molar-refractivity contribution in [3.63, 3.8) is 0 Å². The molecule has 3 rings (SSSR count). The lowest BCUT2D eigenvalue weighted by Crippen LogP contribution is -2.47. The molecule has 2 heterocycles. The number of hydrogen-bond donors (Lipinski definition) is 1. The van der Waals surface area contributed by atoms with Crippen LogP contribution in [0.5, 0.6) is 0 Å². The van der Waals surface area contributed by atoms with Crippen molar-refractivity contribution in [2.75, 3.05) is 37.6 Å². The molecule has 1 aliphatic rings. The molecule has 0 atom stereocenters. The van der Waals surface area contributed by atoms with Crippen LogP contribution in [0.3, 0.4) is 0 Å². The molecule has 1 amide bonds. The normalized spacial score (nSPS) is 15.2. The van der Waals surface area contributed by atoms with Crippen molar-refractivity contribution in [3.8, 4) is 0 Å². The van der Waals surface area contributed by atoms with E-state index >= 15 is 0 Å². The number of hydrogen-bond acceptors (Lipinski definition) is 4. The van der Waals surface area contributed by atoms with E-state index in [1.807, 2.05) is 24.4 Å². The topological polar surface area (TPSA) is 48.5 Å². The Morgan fingerprint density at radius 3 is 2.52 bits per heavy atom. The average molecular weight is 342 g/mol. The van der Waals surface area contributed by atoms with E-state index in [-0.39, 0.29) is 11.7 Å². The van der Waals surface area contributed by atoms with Crippen molar-refractivity contribution in [2.24, 2.45) is 0 Å². The molecule has 1 fully saturated rings. The van der Waals surface area contributed by atoms with Crippen LogP contribution in [0.4, 0.5) is 10.2 Å². The number of nitrogens with one attached hydrogen (secondary N) is 1. The molecule has 2 aromatic rings. The van der Waals surface area contributed by atoms with Crippen LogP contribution in [-0.2, 0) is 11.3 Å². The van der Waals surface area contributed by atoms with Gasteiger partial charge in [-0.2, -0.15) is 0 Å². The summed E-state index contributed by atoms with van der Waals surface area (Å²) in [5.74, 6) is 0.774. The largest absolute Gasteiger partial charge is 0.354 e. The monoisotopic (exact) mass is 342 g/mol. The molecule has 6 heteroatoms. The van der Waals surface area contributed by atoms with Crippen molar-refractivity contribution < 1.29 is 9.18 Å². The zero-order valence-corrected chi connectivity index (χ0v) is 14.2. The van der Waals surface area contributed by atoms with Gasteiger partial charge in [0, 0.05) is 51.9 Å². The number of piperazine rings is 1. The number of pyridine rings is 1. The van der Waals surface area contributed by atoms with E-state index in [0.717, 1.165) is 44.1 Å². The number of amides is 1. The fourth-order valence-corrected chi connectivity index (χ4v) is 2.89. The molecule has 5 nitrogen and oxygen atoms in total. The van der Waals surface area contributed by atoms with Gasteiger partial charge in [-0.15, -0.1) is 0 Å². The number of nitrogens with zero attached hydrogens (tertiary/aromatic N) is 3. The molecule has 0 bridgehead atoms. The highest BCUT2D eigenvalue weighted by Gasteiger charge is 2.18. The zero-order valence-electron chi connectivity index (χ0n) is 14.2. The molecular weight excluding hydrogens is 319 g/mol. The lowest BCUT2D eigenvalue weighted by molar-refractivity contribution is -0.121. The van der Waals surface area contributed by atoms with Crippen LogP contribution in [0.25, 0.3) is 0 Å². The molecule has 25 heavy (non-hydrogen) atoms. The van der Waals surface area contributed by atoms with Gasteiger partial charge in [-0.25, -0.2) is 9.37 Å². The Labute approximate surface area is 147 Å². The summed E-state index contributed by atoms with van der Waals surface area (Å²) in [5, 5.41) is 2.88. The molecule has 0 spiro atoms. The highest BCUT2D eigenvalue weighted by molar-refractivity contribution is 5.76. The van der Waals surface area contributed by atoms with Gasteiger partial charge in [-0.1, -0.05) is 18.2 Å². The van der Waals surface area contributed by atoms with Crippen LogP contribution in [0.1, 0.15) is 12.0 Å². The number of anilines is 1. The summed E-state index contributed by atoms with van der Waals surface area (Å²) in [5.41, 5.74) is 0.902. The molecular formula is C19H23FN4O. The quantitative estimate of drug-likeness (QED) is 0.873. The standard InChI is InChI=1S/C19H23FN4O/c20-17-6-4-16(5-7-17)15-22-19(25)8-10-23-11-13-24(14-12-23)18-3-1-2-9-21-18/h1-7,9H,8,10-15H2,(H,22,25). The predicted octanol–water partition coefficient (Wildman–Crippen LogP) is 2.05. The van der Waals surface area contributed by atoms with E-state index in [9.17, 15) is 9.18 Å². The van der Waals surface area contributed by atoms with Gasteiger partial charge in [0.05, 0.1) is 0 Å². The third-order valence-electron chi connectivity index (χ3n) is 4.40. The number of rotatable bonds is 6. The molecule has 0 aliphatic carbocycles. The fourth-order valence-electron chi connectivity index (χ4n) is 2.89. The van der Waals surface area contributed by atoms with Gasteiger partial charge in [0.2, 0.25) is 5.91 Å². The minimum Gasteiger partial charge on any atom is -0.354 e. The molecule has 1 aliphatic heterocycles. The lowest BCUT2D eigenvalue weighted by Gasteiger charge is -2.35. The summed E-state index contributed by atoms with van der Waals surface area (Å²) in [4.78, 5) is 20.9. The average Bonchev–Trinajstić information content (AvgIpc) is 2.67. The van der Waals surface area contributed by atoms with E-state index < -0.39 is 0 Å². The Bertz CT molecular complexity index is 670. The van der Waals surface area contributed by atoms with Gasteiger partial charge in [0.1, 0.15) is 11.6 Å². The van der Waals surface area contributed by atoms with Crippen LogP contribution in [0.15, 0.2) is 48.7 Å². The first-order valence-electron chi connectivity index (χ1n) is 8.60. The van der Waals surface area contributed by atoms with E-state index in [1.165, 1.54) is 12.1 Å². The smallest absolute Gasteiger partial charge is 0.221 e. The SMILES string of the molecule is O=C(CCN1CCN(c2ccccn2)CC1)NCc1ccc(F)cc1. The van der Waals surface area contributed by atoms with Crippen LogP contribution in [0.2, 0.25) is 0 Å². The predicted molar refractivity (Wildman–Crippen MR) is 95.8 cm³/mol. The third kappa shape index (κ3) is 5.26. The maximum Gasteiger partial charge on any atom is 0.221 e. The summed E-state index contributed by atoms with van der Waals surface area (Å²) < 4.78 is 12.8. The molecule has 1 aromatic heterocycles. The second kappa shape index (κ2) is 8.58. The number of carbonyl (C=O) groups excluding carboxylic acids is 1. The van der Waals surface area contributed by atoms with E-state index in [1.54, 1.807) is 12.1 Å². The van der Waals surface area contributed by atoms with E-state index in [4.69, 9.17) is 0 Å². The molecule has 0 radical (unpaired) electrons. The van der Waals surface area contributed by atoms with Gasteiger partial charge < -0.3 is 10.2 Å². The number of aromatic nitrogens is 1. The Morgan fingerprint density at radius 1 is 1.08 bits per heavy atom. The Hall–Kier alpha value is -2.47. The molecule has 1 saturated heterocycles. The van der Waals surface area contributed by atoms with Crippen LogP contribution >= 0.6 is 0 Å². The Balaban J connectivity index is 1.35. The van der Waals surface area contributed by atoms with Crippen LogP contribution in [0, 0.1) is 5.82 Å². The second-order valence-electron chi connectivity index (χ2n) is 6.17. The number of halogens is 1. The van der Waals surface area contributed by atoms with Crippen molar-refractivity contribution in [2.45, 2.75) is 13.0 Å². The summed E-state index contributed by atoms with van der Waals surface area (Å²) >= 11 is 0. The van der Waals surface area contributed by atoms with Crippen LogP contribution in [-0.4, -0.2) is 48.5 Å². The van der Waals surface area contributed by atoms with Gasteiger partial charge >= 0.3 is 0 Å². The highest BCUT2D eigenvalue weighted by atomic mass is 19.1. The van der Waals surface area contributed by atoms with E-state index in [2.05, 4.69) is 20.1 Å². The first-order chi connectivity index (χ1) is 12.2. The van der Waals surface area contributed by atoms with Crippen molar-refractivity contribution >= 4 is 11.7 Å². The summed E-state index contributed by atoms with van der Waals surface area (Å²) in [7, 11) is 0. The summed E-state index contributed by atoms with van der Waals surface area (Å²) in [6, 6.07) is 12.1. The maximum absolute atomic E-state index is 12.8. The highest BCUT2D eigenvalue weighted by Crippen LogP contribution is 2.12. The zero-order chi connectivity index (χ0) is 17.5. The van der Waals surface area contributed by atoms with Crippen molar-refractivity contribution in [1.82, 2.24) is 15.2 Å². The Morgan fingerprint density at radius 2 is 1.84 bits per heavy atom. The summed E-state index contributed by atoms with van der Waals surface area (Å²) in [6.07, 6.45) is 2.29. The molecule has 1 aromatic carbocycles. The van der Waals surface area contributed by atoms with Crippen molar-refractivity contribution in [3.05, 3.63) is 60.0 Å². The molecule has 1 N–H and O–H groups in total. The lowest BCUT2D eigenvalue weighted by atomic mass is 10.2. The number of benzene rings is 1. The first kappa shape index (κ1) is 17.4. The Kier molecular flexibility index (Phi) is 5.95. The molecule has 0 unspecified atom stereocenters.